The van der Waals surface area contributed by atoms with E-state index in [2.05, 4.69) is 66.5 Å². The number of H-pyrrole nitrogens is 1. The minimum atomic E-state index is -2.02. The highest BCUT2D eigenvalue weighted by atomic mass is 28.4. The van der Waals surface area contributed by atoms with E-state index in [0.29, 0.717) is 13.0 Å². The molecular formula is C30H48BN3O5Si. The molecule has 0 radical (unpaired) electrons. The monoisotopic (exact) mass is 569 g/mol. The molecule has 4 rings (SSSR count). The van der Waals surface area contributed by atoms with Gasteiger partial charge in [-0.3, -0.25) is 4.90 Å². The van der Waals surface area contributed by atoms with Crippen LogP contribution in [0.3, 0.4) is 0 Å². The lowest BCUT2D eigenvalue weighted by atomic mass is 9.79. The number of aromatic amines is 1. The number of rotatable bonds is 5. The Bertz CT molecular complexity index is 1200. The second kappa shape index (κ2) is 10.3. The van der Waals surface area contributed by atoms with E-state index < -0.39 is 21.0 Å². The minimum absolute atomic E-state index is 0.0753. The molecule has 0 unspecified atom stereocenters. The van der Waals surface area contributed by atoms with Gasteiger partial charge in [0.05, 0.1) is 35.2 Å². The lowest BCUT2D eigenvalue weighted by molar-refractivity contribution is 0.00578. The summed E-state index contributed by atoms with van der Waals surface area (Å²) in [6, 6.07) is 7.89. The molecule has 0 saturated carbocycles. The van der Waals surface area contributed by atoms with E-state index in [1.165, 1.54) is 0 Å². The van der Waals surface area contributed by atoms with E-state index in [0.717, 1.165) is 22.5 Å². The number of ether oxygens (including phenoxy) is 1. The van der Waals surface area contributed by atoms with Crippen molar-refractivity contribution < 1.29 is 23.3 Å². The van der Waals surface area contributed by atoms with E-state index in [-0.39, 0.29) is 34.5 Å². The van der Waals surface area contributed by atoms with Crippen molar-refractivity contribution in [3.63, 3.8) is 0 Å². The molecule has 220 valence electrons. The van der Waals surface area contributed by atoms with Crippen LogP contribution in [0.5, 0.6) is 0 Å². The van der Waals surface area contributed by atoms with Crippen LogP contribution in [0.2, 0.25) is 18.1 Å². The number of imidazole rings is 1. The third kappa shape index (κ3) is 6.35. The third-order valence-electron chi connectivity index (χ3n) is 8.82. The topological polar surface area (TPSA) is 85.9 Å². The second-order valence-corrected chi connectivity index (χ2v) is 19.5. The largest absolute Gasteiger partial charge is 0.494 e. The van der Waals surface area contributed by atoms with Crippen molar-refractivity contribution in [3.8, 4) is 11.3 Å². The molecule has 8 nitrogen and oxygen atoms in total. The molecule has 1 aromatic heterocycles. The summed E-state index contributed by atoms with van der Waals surface area (Å²) in [6.07, 6.45) is 2.07. The molecule has 2 aliphatic heterocycles. The Kier molecular flexibility index (Phi) is 7.93. The molecule has 1 aromatic carbocycles. The summed E-state index contributed by atoms with van der Waals surface area (Å²) in [5, 5.41) is 0.0753. The number of benzene rings is 1. The zero-order valence-corrected chi connectivity index (χ0v) is 27.5. The van der Waals surface area contributed by atoms with Gasteiger partial charge in [0.1, 0.15) is 11.4 Å². The van der Waals surface area contributed by atoms with Crippen LogP contribution in [0.1, 0.15) is 87.5 Å². The van der Waals surface area contributed by atoms with Gasteiger partial charge in [-0.1, -0.05) is 45.0 Å². The second-order valence-electron chi connectivity index (χ2n) is 14.8. The van der Waals surface area contributed by atoms with Crippen LogP contribution in [-0.4, -0.2) is 65.8 Å². The maximum atomic E-state index is 13.3. The van der Waals surface area contributed by atoms with Crippen LogP contribution in [0.15, 0.2) is 30.5 Å². The van der Waals surface area contributed by atoms with Crippen LogP contribution in [0, 0.1) is 0 Å². The van der Waals surface area contributed by atoms with Crippen molar-refractivity contribution >= 4 is 27.0 Å². The number of hydrogen-bond donors (Lipinski definition) is 1. The number of carbonyl (C=O) groups excluding carboxylic acids is 1. The van der Waals surface area contributed by atoms with E-state index in [1.807, 2.05) is 51.2 Å². The van der Waals surface area contributed by atoms with E-state index in [9.17, 15) is 4.79 Å². The van der Waals surface area contributed by atoms with E-state index >= 15 is 0 Å². The van der Waals surface area contributed by atoms with Gasteiger partial charge in [-0.15, -0.1) is 0 Å². The van der Waals surface area contributed by atoms with E-state index in [4.69, 9.17) is 23.5 Å². The average Bonchev–Trinajstić information content (AvgIpc) is 3.48. The molecule has 2 aromatic rings. The standard InChI is InChI=1S/C30H48BN3O5Si/c1-27(2,3)36-26(35)34-19-22(37-40(11,12)28(4,5)6)17-24(34)25-32-18-23(33-25)20-13-15-21(16-14-20)31-38-29(7,8)30(9,10)39-31/h13-16,18,22,24H,17,19H2,1-12H3,(H,32,33)/t22-,24+/m1/s1. The van der Waals surface area contributed by atoms with Gasteiger partial charge in [0.2, 0.25) is 0 Å². The summed E-state index contributed by atoms with van der Waals surface area (Å²) < 4.78 is 24.9. The highest BCUT2D eigenvalue weighted by Crippen LogP contribution is 2.41. The van der Waals surface area contributed by atoms with Crippen LogP contribution in [-0.2, 0) is 18.5 Å². The van der Waals surface area contributed by atoms with Crippen molar-refractivity contribution in [2.75, 3.05) is 6.54 Å². The predicted octanol–water partition coefficient (Wildman–Crippen LogP) is 6.45. The lowest BCUT2D eigenvalue weighted by Crippen LogP contribution is -2.45. The van der Waals surface area contributed by atoms with Crippen molar-refractivity contribution in [2.24, 2.45) is 0 Å². The number of nitrogens with one attached hydrogen (secondary N) is 1. The Balaban J connectivity index is 1.54. The quantitative estimate of drug-likeness (QED) is 0.417. The molecule has 2 saturated heterocycles. The molecule has 2 aliphatic rings. The van der Waals surface area contributed by atoms with Crippen LogP contribution in [0.25, 0.3) is 11.3 Å². The van der Waals surface area contributed by atoms with E-state index in [1.54, 1.807) is 4.90 Å². The zero-order chi connectivity index (χ0) is 29.9. The Morgan fingerprint density at radius 1 is 1.05 bits per heavy atom. The number of amides is 1. The van der Waals surface area contributed by atoms with Gasteiger partial charge in [-0.25, -0.2) is 9.78 Å². The first-order valence-electron chi connectivity index (χ1n) is 14.4. The third-order valence-corrected chi connectivity index (χ3v) is 13.4. The molecule has 0 spiro atoms. The molecule has 2 atom stereocenters. The van der Waals surface area contributed by atoms with Gasteiger partial charge in [0, 0.05) is 13.0 Å². The highest BCUT2D eigenvalue weighted by molar-refractivity contribution is 6.74. The molecule has 40 heavy (non-hydrogen) atoms. The van der Waals surface area contributed by atoms with Gasteiger partial charge in [-0.05, 0) is 77.6 Å². The van der Waals surface area contributed by atoms with Gasteiger partial charge >= 0.3 is 13.2 Å². The van der Waals surface area contributed by atoms with Crippen molar-refractivity contribution in [1.29, 1.82) is 0 Å². The first-order chi connectivity index (χ1) is 18.2. The van der Waals surface area contributed by atoms with Crippen LogP contribution >= 0.6 is 0 Å². The number of carbonyl (C=O) groups is 1. The fraction of sp³-hybridized carbons (Fsp3) is 0.667. The van der Waals surface area contributed by atoms with Crippen LogP contribution in [0.4, 0.5) is 4.79 Å². The molecule has 0 bridgehead atoms. The normalized spacial score (nSPS) is 23.1. The molecular weight excluding hydrogens is 521 g/mol. The summed E-state index contributed by atoms with van der Waals surface area (Å²) in [4.78, 5) is 23.3. The van der Waals surface area contributed by atoms with Crippen molar-refractivity contribution in [1.82, 2.24) is 14.9 Å². The molecule has 3 heterocycles. The zero-order valence-electron chi connectivity index (χ0n) is 26.5. The van der Waals surface area contributed by atoms with Gasteiger partial charge in [0.15, 0.2) is 8.32 Å². The average molecular weight is 570 g/mol. The Morgan fingerprint density at radius 2 is 1.62 bits per heavy atom. The van der Waals surface area contributed by atoms with Crippen molar-refractivity contribution in [3.05, 3.63) is 36.3 Å². The fourth-order valence-corrected chi connectivity index (χ4v) is 6.07. The summed E-state index contributed by atoms with van der Waals surface area (Å²) in [5.74, 6) is 0.734. The molecule has 1 amide bonds. The van der Waals surface area contributed by atoms with Gasteiger partial charge in [0.25, 0.3) is 0 Å². The first-order valence-corrected chi connectivity index (χ1v) is 17.3. The van der Waals surface area contributed by atoms with Gasteiger partial charge in [-0.2, -0.15) is 0 Å². The highest BCUT2D eigenvalue weighted by Gasteiger charge is 2.51. The van der Waals surface area contributed by atoms with Gasteiger partial charge < -0.3 is 23.5 Å². The molecule has 0 aliphatic carbocycles. The summed E-state index contributed by atoms with van der Waals surface area (Å²) in [6.45, 7) is 25.5. The fourth-order valence-electron chi connectivity index (χ4n) is 4.71. The Morgan fingerprint density at radius 3 is 2.15 bits per heavy atom. The maximum absolute atomic E-state index is 13.3. The summed E-state index contributed by atoms with van der Waals surface area (Å²) in [7, 11) is -2.43. The summed E-state index contributed by atoms with van der Waals surface area (Å²) in [5.41, 5.74) is 1.49. The SMILES string of the molecule is CC(C)(C)OC(=O)N1C[C@H](O[Si](C)(C)C(C)(C)C)C[C@H]1c1ncc(-c2ccc(B3OC(C)(C)C(C)(C)O3)cc2)[nH]1. The number of aromatic nitrogens is 2. The lowest BCUT2D eigenvalue weighted by Gasteiger charge is -2.38. The Labute approximate surface area is 241 Å². The number of likely N-dealkylation sites (tertiary alicyclic amines) is 1. The number of hydrogen-bond acceptors (Lipinski definition) is 6. The van der Waals surface area contributed by atoms with Crippen molar-refractivity contribution in [2.45, 2.75) is 123 Å². The smallest absolute Gasteiger partial charge is 0.444 e. The molecule has 1 N–H and O–H groups in total. The minimum Gasteiger partial charge on any atom is -0.444 e. The Hall–Kier alpha value is -2.14. The first kappa shape index (κ1) is 30.8. The van der Waals surface area contributed by atoms with Crippen LogP contribution < -0.4 is 5.46 Å². The maximum Gasteiger partial charge on any atom is 0.494 e. The molecule has 10 heteroatoms. The molecule has 2 fully saturated rings. The summed E-state index contributed by atoms with van der Waals surface area (Å²) >= 11 is 0. The number of nitrogens with zero attached hydrogens (tertiary/aromatic N) is 2. The predicted molar refractivity (Wildman–Crippen MR) is 162 cm³/mol.